The Kier molecular flexibility index (Phi) is 20.0. The Morgan fingerprint density at radius 2 is 1.25 bits per heavy atom. The van der Waals surface area contributed by atoms with Crippen molar-refractivity contribution in [2.45, 2.75) is 0 Å². The van der Waals surface area contributed by atoms with Crippen LogP contribution < -0.4 is 0 Å². The van der Waals surface area contributed by atoms with E-state index < -0.39 is 22.1 Å². The van der Waals surface area contributed by atoms with Crippen molar-refractivity contribution in [1.29, 1.82) is 0 Å². The Bertz CT molecular complexity index is 6.00. The molecule has 0 rings (SSSR count). The van der Waals surface area contributed by atoms with Crippen LogP contribution in [0.25, 0.3) is 0 Å². The van der Waals surface area contributed by atoms with Crippen molar-refractivity contribution in [2.24, 2.45) is 0 Å². The van der Waals surface area contributed by atoms with E-state index in [9.17, 15) is 0 Å². The number of rotatable bonds is 0. The summed E-state index contributed by atoms with van der Waals surface area (Å²) in [5.74, 6) is 0. The fourth-order valence-corrected chi connectivity index (χ4v) is 0. The molecular formula is HCl2FHg. The van der Waals surface area contributed by atoms with E-state index in [0.717, 1.165) is 0 Å². The second-order valence-electron chi connectivity index (χ2n) is 0.101. The normalized spacial score (nSPS) is 2.50. The Labute approximate surface area is 43.2 Å². The molecule has 0 nitrogen and oxygen atoms in total. The van der Waals surface area contributed by atoms with E-state index in [-0.39, 0.29) is 4.70 Å². The van der Waals surface area contributed by atoms with Gasteiger partial charge in [0.15, 0.2) is 0 Å². The molecule has 0 radical (unpaired) electrons. The summed E-state index contributed by atoms with van der Waals surface area (Å²) in [6.07, 6.45) is 0. The molecule has 0 aromatic carbocycles. The maximum atomic E-state index is 4.99. The van der Waals surface area contributed by atoms with Gasteiger partial charge in [-0.25, -0.2) is 0 Å². The van der Waals surface area contributed by atoms with E-state index >= 15 is 0 Å². The molecule has 0 aliphatic heterocycles. The van der Waals surface area contributed by atoms with Crippen LogP contribution in [0.15, 0.2) is 0 Å². The van der Waals surface area contributed by atoms with Gasteiger partial charge in [-0.1, -0.05) is 0 Å². The van der Waals surface area contributed by atoms with E-state index in [2.05, 4.69) is 0 Å². The van der Waals surface area contributed by atoms with E-state index in [1.54, 1.807) is 0 Å². The van der Waals surface area contributed by atoms with Crippen LogP contribution in [0.1, 0.15) is 0 Å². The van der Waals surface area contributed by atoms with Crippen molar-refractivity contribution in [3.8, 4) is 0 Å². The molecule has 0 bridgehead atoms. The Hall–Kier alpha value is 1.45. The van der Waals surface area contributed by atoms with Gasteiger partial charge in [-0.2, -0.15) is 0 Å². The summed E-state index contributed by atoms with van der Waals surface area (Å²) >= 11 is -1.14. The third-order valence-electron chi connectivity index (χ3n) is 0. The number of hydrogen-bond donors (Lipinski definition) is 0. The van der Waals surface area contributed by atoms with Gasteiger partial charge in [0.25, 0.3) is 0 Å². The summed E-state index contributed by atoms with van der Waals surface area (Å²) in [4.78, 5) is 0. The fraction of sp³-hybridized carbons (Fsp3) is 0. The number of hydrogen-bond acceptors (Lipinski definition) is 0. The second kappa shape index (κ2) is 8.82. The molecule has 0 aromatic rings. The van der Waals surface area contributed by atoms with Crippen molar-refractivity contribution >= 4 is 16.5 Å². The van der Waals surface area contributed by atoms with Crippen molar-refractivity contribution < 1.29 is 26.8 Å². The summed E-state index contributed by atoms with van der Waals surface area (Å²) in [6.45, 7) is 0. The summed E-state index contributed by atoms with van der Waals surface area (Å²) in [7, 11) is 9.97. The summed E-state index contributed by atoms with van der Waals surface area (Å²) in [5.41, 5.74) is 0. The number of halogens is 3. The van der Waals surface area contributed by atoms with Crippen LogP contribution in [0.3, 0.4) is 0 Å². The first-order valence-electron chi connectivity index (χ1n) is 0.535. The average molecular weight is 292 g/mol. The quantitative estimate of drug-likeness (QED) is 0.594. The van der Waals surface area contributed by atoms with Gasteiger partial charge in [-0.3, -0.25) is 4.70 Å². The van der Waals surface area contributed by atoms with Crippen molar-refractivity contribution in [3.05, 3.63) is 0 Å². The Balaban J connectivity index is 0. The van der Waals surface area contributed by atoms with Crippen LogP contribution >= 0.6 is 16.5 Å². The zero-order valence-electron chi connectivity index (χ0n) is 1.87. The van der Waals surface area contributed by atoms with E-state index in [0.29, 0.717) is 0 Å². The molecule has 0 aliphatic carbocycles. The van der Waals surface area contributed by atoms with Crippen LogP contribution in [0, 0.1) is 0 Å². The molecule has 0 spiro atoms. The minimum atomic E-state index is -1.14. The first-order valence-corrected chi connectivity index (χ1v) is 14.1. The predicted octanol–water partition coefficient (Wildman–Crippen LogP) is 1.53. The average Bonchev–Trinajstić information content (AvgIpc) is 0.918. The van der Waals surface area contributed by atoms with Crippen molar-refractivity contribution in [1.82, 2.24) is 0 Å². The molecule has 24 valence electrons. The van der Waals surface area contributed by atoms with Gasteiger partial charge >= 0.3 is 38.6 Å². The maximum absolute atomic E-state index is 4.99. The molecule has 0 saturated heterocycles. The van der Waals surface area contributed by atoms with Gasteiger partial charge in [-0.05, 0) is 0 Å². The molecule has 0 atom stereocenters. The van der Waals surface area contributed by atoms with E-state index in [4.69, 9.17) is 16.5 Å². The van der Waals surface area contributed by atoms with Gasteiger partial charge in [0.05, 0.1) is 0 Å². The molecule has 0 N–H and O–H groups in total. The summed E-state index contributed by atoms with van der Waals surface area (Å²) < 4.78 is 0. The first kappa shape index (κ1) is 9.06. The van der Waals surface area contributed by atoms with Gasteiger partial charge < -0.3 is 0 Å². The van der Waals surface area contributed by atoms with Gasteiger partial charge in [0.1, 0.15) is 0 Å². The van der Waals surface area contributed by atoms with Crippen LogP contribution in [0.2, 0.25) is 0 Å². The van der Waals surface area contributed by atoms with Gasteiger partial charge in [0, 0.05) is 0 Å². The minimum absolute atomic E-state index is 0. The molecular weight excluding hydrogens is 290 g/mol. The molecule has 0 fully saturated rings. The molecule has 4 heteroatoms. The van der Waals surface area contributed by atoms with Crippen LogP contribution in [0.5, 0.6) is 0 Å². The standard InChI is InChI=1S/2ClH.FH.Hg/h3*1H;/q;;;+2/p-2. The zero-order chi connectivity index (χ0) is 2.71. The molecule has 0 saturated carbocycles. The van der Waals surface area contributed by atoms with Crippen LogP contribution in [-0.4, -0.2) is 0 Å². The Morgan fingerprint density at radius 3 is 1.25 bits per heavy atom. The van der Waals surface area contributed by atoms with Crippen LogP contribution in [0.4, 0.5) is 4.70 Å². The molecule has 0 unspecified atom stereocenters. The third-order valence-corrected chi connectivity index (χ3v) is 0. The molecule has 0 aromatic heterocycles. The SMILES string of the molecule is F.[Cl][Hg][Cl]. The Morgan fingerprint density at radius 1 is 1.25 bits per heavy atom. The third kappa shape index (κ3) is 9.86. The first-order chi connectivity index (χ1) is 1.41. The monoisotopic (exact) mass is 292 g/mol. The summed E-state index contributed by atoms with van der Waals surface area (Å²) in [6, 6.07) is 0. The molecule has 4 heavy (non-hydrogen) atoms. The van der Waals surface area contributed by atoms with Crippen LogP contribution in [-0.2, 0) is 22.1 Å². The van der Waals surface area contributed by atoms with Gasteiger partial charge in [-0.15, -0.1) is 0 Å². The fourth-order valence-electron chi connectivity index (χ4n) is 0. The summed E-state index contributed by atoms with van der Waals surface area (Å²) in [5, 5.41) is 0. The topological polar surface area (TPSA) is 0 Å². The van der Waals surface area contributed by atoms with E-state index in [1.165, 1.54) is 0 Å². The molecule has 0 heterocycles. The van der Waals surface area contributed by atoms with Crippen molar-refractivity contribution in [3.63, 3.8) is 0 Å². The zero-order valence-corrected chi connectivity index (χ0v) is 8.88. The predicted molar refractivity (Wildman–Crippen MR) is 14.2 cm³/mol. The van der Waals surface area contributed by atoms with Crippen molar-refractivity contribution in [2.75, 3.05) is 0 Å². The van der Waals surface area contributed by atoms with E-state index in [1.807, 2.05) is 0 Å². The molecule has 0 aliphatic rings. The molecule has 0 amide bonds. The van der Waals surface area contributed by atoms with Gasteiger partial charge in [0.2, 0.25) is 0 Å². The second-order valence-corrected chi connectivity index (χ2v) is 7.98.